The van der Waals surface area contributed by atoms with E-state index >= 15 is 0 Å². The fraction of sp³-hybridized carbons (Fsp3) is 0.294. The first-order chi connectivity index (χ1) is 10.1. The molecule has 0 amide bonds. The lowest BCUT2D eigenvalue weighted by atomic mass is 10.0. The molecule has 1 atom stereocenters. The molecular formula is C17H20FNO2. The van der Waals surface area contributed by atoms with Gasteiger partial charge in [-0.25, -0.2) is 4.39 Å². The molecule has 0 aromatic heterocycles. The largest absolute Gasteiger partial charge is 0.508 e. The summed E-state index contributed by atoms with van der Waals surface area (Å²) < 4.78 is 19.2. The predicted molar refractivity (Wildman–Crippen MR) is 80.8 cm³/mol. The first kappa shape index (κ1) is 15.3. The molecule has 0 aliphatic carbocycles. The summed E-state index contributed by atoms with van der Waals surface area (Å²) in [6.45, 7) is 2.28. The van der Waals surface area contributed by atoms with Crippen LogP contribution in [-0.4, -0.2) is 11.1 Å². The van der Waals surface area contributed by atoms with Crippen LogP contribution in [0, 0.1) is 5.82 Å². The van der Waals surface area contributed by atoms with Gasteiger partial charge in [0, 0.05) is 12.1 Å². The van der Waals surface area contributed by atoms with Crippen LogP contribution in [-0.2, 0) is 13.0 Å². The van der Waals surface area contributed by atoms with Crippen LogP contribution < -0.4 is 10.5 Å². The van der Waals surface area contributed by atoms with E-state index in [1.807, 2.05) is 13.0 Å². The first-order valence-electron chi connectivity index (χ1n) is 7.02. The van der Waals surface area contributed by atoms with Gasteiger partial charge in [-0.3, -0.25) is 0 Å². The molecule has 0 fully saturated rings. The molecule has 21 heavy (non-hydrogen) atoms. The topological polar surface area (TPSA) is 55.5 Å². The van der Waals surface area contributed by atoms with Gasteiger partial charge in [0.25, 0.3) is 0 Å². The van der Waals surface area contributed by atoms with Crippen LogP contribution >= 0.6 is 0 Å². The minimum absolute atomic E-state index is 0.0192. The highest BCUT2D eigenvalue weighted by Crippen LogP contribution is 2.20. The zero-order chi connectivity index (χ0) is 15.2. The second-order valence-electron chi connectivity index (χ2n) is 5.13. The maximum Gasteiger partial charge on any atom is 0.127 e. The van der Waals surface area contributed by atoms with Gasteiger partial charge in [0.2, 0.25) is 0 Å². The van der Waals surface area contributed by atoms with Crippen LogP contribution in [0.1, 0.15) is 24.5 Å². The molecule has 0 saturated heterocycles. The van der Waals surface area contributed by atoms with Gasteiger partial charge in [-0.2, -0.15) is 0 Å². The van der Waals surface area contributed by atoms with Crippen molar-refractivity contribution in [2.24, 2.45) is 5.73 Å². The predicted octanol–water partition coefficient (Wildman–Crippen LogP) is 3.39. The molecule has 0 radical (unpaired) electrons. The van der Waals surface area contributed by atoms with Crippen molar-refractivity contribution in [2.45, 2.75) is 32.4 Å². The Kier molecular flexibility index (Phi) is 5.17. The lowest BCUT2D eigenvalue weighted by molar-refractivity contribution is 0.303. The third-order valence-corrected chi connectivity index (χ3v) is 3.27. The quantitative estimate of drug-likeness (QED) is 0.857. The van der Waals surface area contributed by atoms with Crippen LogP contribution in [0.3, 0.4) is 0 Å². The number of aromatic hydroxyl groups is 1. The van der Waals surface area contributed by atoms with E-state index < -0.39 is 0 Å². The van der Waals surface area contributed by atoms with Crippen molar-refractivity contribution in [3.8, 4) is 11.5 Å². The van der Waals surface area contributed by atoms with Crippen molar-refractivity contribution >= 4 is 0 Å². The highest BCUT2D eigenvalue weighted by molar-refractivity contribution is 5.31. The lowest BCUT2D eigenvalue weighted by Gasteiger charge is -2.12. The van der Waals surface area contributed by atoms with Crippen molar-refractivity contribution in [3.05, 3.63) is 59.4 Å². The lowest BCUT2D eigenvalue weighted by Crippen LogP contribution is -2.21. The average Bonchev–Trinajstić information content (AvgIpc) is 2.44. The second-order valence-corrected chi connectivity index (χ2v) is 5.13. The molecule has 3 N–H and O–H groups in total. The SMILES string of the molecule is CCC(N)Cc1cc(F)cc(OCc2cccc(O)c2)c1. The first-order valence-corrected chi connectivity index (χ1v) is 7.02. The van der Waals surface area contributed by atoms with Crippen molar-refractivity contribution in [1.29, 1.82) is 0 Å². The van der Waals surface area contributed by atoms with E-state index in [4.69, 9.17) is 10.5 Å². The van der Waals surface area contributed by atoms with Crippen molar-refractivity contribution in [3.63, 3.8) is 0 Å². The number of rotatable bonds is 6. The summed E-state index contributed by atoms with van der Waals surface area (Å²) in [6.07, 6.45) is 1.47. The number of hydrogen-bond acceptors (Lipinski definition) is 3. The van der Waals surface area contributed by atoms with Crippen LogP contribution in [0.25, 0.3) is 0 Å². The molecule has 0 saturated carbocycles. The highest BCUT2D eigenvalue weighted by atomic mass is 19.1. The molecule has 2 rings (SSSR count). The number of nitrogens with two attached hydrogens (primary N) is 1. The molecule has 2 aromatic carbocycles. The molecule has 0 heterocycles. The Morgan fingerprint density at radius 3 is 2.71 bits per heavy atom. The highest BCUT2D eigenvalue weighted by Gasteiger charge is 2.06. The number of benzene rings is 2. The van der Waals surface area contributed by atoms with Crippen molar-refractivity contribution < 1.29 is 14.2 Å². The Hall–Kier alpha value is -2.07. The van der Waals surface area contributed by atoms with Gasteiger partial charge in [0.1, 0.15) is 23.9 Å². The smallest absolute Gasteiger partial charge is 0.127 e. The zero-order valence-corrected chi connectivity index (χ0v) is 12.1. The molecule has 3 nitrogen and oxygen atoms in total. The molecule has 0 aliphatic rings. The molecule has 0 bridgehead atoms. The third-order valence-electron chi connectivity index (χ3n) is 3.27. The second kappa shape index (κ2) is 7.09. The van der Waals surface area contributed by atoms with Gasteiger partial charge in [-0.05, 0) is 48.2 Å². The van der Waals surface area contributed by atoms with Crippen LogP contribution in [0.2, 0.25) is 0 Å². The molecule has 4 heteroatoms. The Morgan fingerprint density at radius 2 is 2.00 bits per heavy atom. The molecular weight excluding hydrogens is 269 g/mol. The van der Waals surface area contributed by atoms with Crippen LogP contribution in [0.5, 0.6) is 11.5 Å². The minimum Gasteiger partial charge on any atom is -0.508 e. The normalized spacial score (nSPS) is 12.1. The van der Waals surface area contributed by atoms with E-state index in [9.17, 15) is 9.50 Å². The molecule has 0 aliphatic heterocycles. The average molecular weight is 289 g/mol. The van der Waals surface area contributed by atoms with Gasteiger partial charge in [-0.1, -0.05) is 19.1 Å². The van der Waals surface area contributed by atoms with Crippen LogP contribution in [0.4, 0.5) is 4.39 Å². The summed E-state index contributed by atoms with van der Waals surface area (Å²) in [5.41, 5.74) is 7.55. The fourth-order valence-electron chi connectivity index (χ4n) is 2.08. The third kappa shape index (κ3) is 4.76. The summed E-state index contributed by atoms with van der Waals surface area (Å²) in [5.74, 6) is 0.323. The van der Waals surface area contributed by atoms with Crippen molar-refractivity contribution in [2.75, 3.05) is 0 Å². The Morgan fingerprint density at radius 1 is 1.19 bits per heavy atom. The number of hydrogen-bond donors (Lipinski definition) is 2. The van der Waals surface area contributed by atoms with Gasteiger partial charge in [0.05, 0.1) is 0 Å². The Labute approximate surface area is 124 Å². The maximum absolute atomic E-state index is 13.6. The van der Waals surface area contributed by atoms with E-state index in [1.165, 1.54) is 12.1 Å². The fourth-order valence-corrected chi connectivity index (χ4v) is 2.08. The standard InChI is InChI=1S/C17H20FNO2/c1-2-15(19)7-13-6-14(18)10-17(9-13)21-11-12-4-3-5-16(20)8-12/h3-6,8-10,15,20H,2,7,11,19H2,1H3. The van der Waals surface area contributed by atoms with Gasteiger partial charge in [0.15, 0.2) is 0 Å². The van der Waals surface area contributed by atoms with E-state index in [0.29, 0.717) is 12.2 Å². The number of phenols is 1. The molecule has 1 unspecified atom stereocenters. The van der Waals surface area contributed by atoms with Gasteiger partial charge < -0.3 is 15.6 Å². The summed E-state index contributed by atoms with van der Waals surface area (Å²) in [4.78, 5) is 0. The molecule has 112 valence electrons. The van der Waals surface area contributed by atoms with E-state index in [1.54, 1.807) is 24.3 Å². The number of ether oxygens (including phenoxy) is 1. The number of phenolic OH excluding ortho intramolecular Hbond substituents is 1. The van der Waals surface area contributed by atoms with E-state index in [-0.39, 0.29) is 24.2 Å². The summed E-state index contributed by atoms with van der Waals surface area (Å²) in [5, 5.41) is 9.40. The van der Waals surface area contributed by atoms with Crippen molar-refractivity contribution in [1.82, 2.24) is 0 Å². The maximum atomic E-state index is 13.6. The van der Waals surface area contributed by atoms with E-state index in [0.717, 1.165) is 17.5 Å². The minimum atomic E-state index is -0.332. The summed E-state index contributed by atoms with van der Waals surface area (Å²) in [6, 6.07) is 11.5. The molecule has 2 aromatic rings. The Balaban J connectivity index is 2.06. The monoisotopic (exact) mass is 289 g/mol. The Bertz CT molecular complexity index is 601. The van der Waals surface area contributed by atoms with Crippen LogP contribution in [0.15, 0.2) is 42.5 Å². The van der Waals surface area contributed by atoms with Gasteiger partial charge >= 0.3 is 0 Å². The molecule has 0 spiro atoms. The van der Waals surface area contributed by atoms with Gasteiger partial charge in [-0.15, -0.1) is 0 Å². The van der Waals surface area contributed by atoms with E-state index in [2.05, 4.69) is 0 Å². The zero-order valence-electron chi connectivity index (χ0n) is 12.1. The number of halogens is 1. The summed E-state index contributed by atoms with van der Waals surface area (Å²) >= 11 is 0. The summed E-state index contributed by atoms with van der Waals surface area (Å²) in [7, 11) is 0.